The second-order valence-electron chi connectivity index (χ2n) is 9.52. The molecule has 1 aromatic carbocycles. The summed E-state index contributed by atoms with van der Waals surface area (Å²) in [4.78, 5) is 75.6. The summed E-state index contributed by atoms with van der Waals surface area (Å²) in [7, 11) is 0. The van der Waals surface area contributed by atoms with Crippen LogP contribution in [0.5, 0.6) is 0 Å². The van der Waals surface area contributed by atoms with E-state index in [2.05, 4.69) is 20.9 Å². The Hall–Kier alpha value is -4.46. The molecule has 0 saturated heterocycles. The molecule has 0 saturated carbocycles. The van der Waals surface area contributed by atoms with E-state index in [9.17, 15) is 44.1 Å². The molecule has 0 aliphatic carbocycles. The number of aliphatic carboxylic acids is 3. The number of H-pyrrole nitrogens is 1. The predicted octanol–water partition coefficient (Wildman–Crippen LogP) is -0.428. The van der Waals surface area contributed by atoms with Gasteiger partial charge in [0.25, 0.3) is 0 Å². The minimum Gasteiger partial charge on any atom is -0.481 e. The average molecular weight is 548 g/mol. The summed E-state index contributed by atoms with van der Waals surface area (Å²) in [6.07, 6.45) is -0.0180. The van der Waals surface area contributed by atoms with Crippen molar-refractivity contribution in [1.29, 1.82) is 0 Å². The molecule has 0 bridgehead atoms. The molecule has 0 aliphatic rings. The fraction of sp³-hybridized carbons (Fsp3) is 0.440. The Labute approximate surface area is 223 Å². The Balaban J connectivity index is 2.14. The molecule has 1 heterocycles. The van der Waals surface area contributed by atoms with Crippen LogP contribution in [0.15, 0.2) is 30.5 Å². The quantitative estimate of drug-likeness (QED) is 0.143. The van der Waals surface area contributed by atoms with E-state index in [1.165, 1.54) is 0 Å². The molecule has 0 fully saturated rings. The Morgan fingerprint density at radius 1 is 0.821 bits per heavy atom. The van der Waals surface area contributed by atoms with Gasteiger partial charge in [-0.25, -0.2) is 4.79 Å². The molecule has 0 spiro atoms. The number of carbonyl (C=O) groups is 6. The van der Waals surface area contributed by atoms with E-state index in [0.29, 0.717) is 0 Å². The molecule has 1 aromatic heterocycles. The minimum atomic E-state index is -1.74. The number of hydrogen-bond acceptors (Lipinski definition) is 7. The number of rotatable bonds is 15. The van der Waals surface area contributed by atoms with Crippen molar-refractivity contribution in [1.82, 2.24) is 20.9 Å². The number of carbonyl (C=O) groups excluding carboxylic acids is 3. The highest BCUT2D eigenvalue weighted by Crippen LogP contribution is 2.18. The van der Waals surface area contributed by atoms with Crippen molar-refractivity contribution >= 4 is 46.5 Å². The first-order valence-electron chi connectivity index (χ1n) is 12.2. The van der Waals surface area contributed by atoms with Crippen LogP contribution < -0.4 is 21.7 Å². The number of nitrogens with one attached hydrogen (secondary N) is 4. The number of nitrogens with two attached hydrogens (primary N) is 1. The molecule has 2 rings (SSSR count). The van der Waals surface area contributed by atoms with Gasteiger partial charge in [-0.3, -0.25) is 24.0 Å². The van der Waals surface area contributed by atoms with Gasteiger partial charge >= 0.3 is 17.9 Å². The highest BCUT2D eigenvalue weighted by molar-refractivity contribution is 5.97. The first kappa shape index (κ1) is 30.8. The van der Waals surface area contributed by atoms with E-state index < -0.39 is 72.6 Å². The van der Waals surface area contributed by atoms with Gasteiger partial charge in [0.2, 0.25) is 17.7 Å². The third kappa shape index (κ3) is 9.41. The molecule has 3 amide bonds. The highest BCUT2D eigenvalue weighted by atomic mass is 16.4. The van der Waals surface area contributed by atoms with Crippen molar-refractivity contribution < 1.29 is 44.1 Å². The first-order valence-corrected chi connectivity index (χ1v) is 12.2. The van der Waals surface area contributed by atoms with Gasteiger partial charge < -0.3 is 42.0 Å². The number of aromatic amines is 1. The monoisotopic (exact) mass is 547 g/mol. The molecule has 0 aliphatic heterocycles. The maximum absolute atomic E-state index is 12.9. The van der Waals surface area contributed by atoms with E-state index in [0.717, 1.165) is 16.5 Å². The summed E-state index contributed by atoms with van der Waals surface area (Å²) in [5, 5.41) is 35.2. The number of carboxylic acids is 3. The van der Waals surface area contributed by atoms with Crippen LogP contribution in [0.25, 0.3) is 10.9 Å². The van der Waals surface area contributed by atoms with Crippen LogP contribution in [0.4, 0.5) is 0 Å². The fourth-order valence-corrected chi connectivity index (χ4v) is 3.91. The number of aromatic nitrogens is 1. The zero-order valence-electron chi connectivity index (χ0n) is 21.5. The standard InChI is InChI=1S/C25H33N5O9/c1-12(2)7-19(25(38)39)30-24(37)18(10-21(33)34)29-23(36)17(9-20(31)32)28-22(35)15(26)8-13-11-27-16-6-4-3-5-14(13)16/h3-6,11-12,15,17-19,27H,7-10,26H2,1-2H3,(H,28,35)(H,29,36)(H,30,37)(H,31,32)(H,33,34)(H,38,39). The topological polar surface area (TPSA) is 241 Å². The van der Waals surface area contributed by atoms with Gasteiger partial charge in [0.05, 0.1) is 18.9 Å². The average Bonchev–Trinajstić information content (AvgIpc) is 3.24. The zero-order chi connectivity index (χ0) is 29.3. The van der Waals surface area contributed by atoms with Crippen LogP contribution >= 0.6 is 0 Å². The fourth-order valence-electron chi connectivity index (χ4n) is 3.91. The van der Waals surface area contributed by atoms with Crippen LogP contribution in [-0.2, 0) is 35.2 Å². The Bertz CT molecular complexity index is 1230. The molecule has 4 atom stereocenters. The van der Waals surface area contributed by atoms with Crippen LogP contribution in [0.1, 0.15) is 38.7 Å². The molecular weight excluding hydrogens is 514 g/mol. The van der Waals surface area contributed by atoms with Crippen molar-refractivity contribution in [3.63, 3.8) is 0 Å². The number of carboxylic acid groups (broad SMARTS) is 3. The summed E-state index contributed by atoms with van der Waals surface area (Å²) >= 11 is 0. The Kier molecular flexibility index (Phi) is 11.0. The Morgan fingerprint density at radius 3 is 1.85 bits per heavy atom. The molecule has 14 heteroatoms. The number of amides is 3. The molecular formula is C25H33N5O9. The predicted molar refractivity (Wildman–Crippen MR) is 137 cm³/mol. The van der Waals surface area contributed by atoms with Gasteiger partial charge in [-0.2, -0.15) is 0 Å². The molecule has 2 aromatic rings. The van der Waals surface area contributed by atoms with Gasteiger partial charge in [-0.05, 0) is 30.4 Å². The molecule has 212 valence electrons. The van der Waals surface area contributed by atoms with Crippen LogP contribution in [0, 0.1) is 5.92 Å². The molecule has 39 heavy (non-hydrogen) atoms. The molecule has 9 N–H and O–H groups in total. The lowest BCUT2D eigenvalue weighted by Gasteiger charge is -2.24. The van der Waals surface area contributed by atoms with Gasteiger partial charge in [0, 0.05) is 17.1 Å². The summed E-state index contributed by atoms with van der Waals surface area (Å²) in [6, 6.07) is 1.36. The summed E-state index contributed by atoms with van der Waals surface area (Å²) < 4.78 is 0. The van der Waals surface area contributed by atoms with E-state index in [-0.39, 0.29) is 18.8 Å². The van der Waals surface area contributed by atoms with Crippen LogP contribution in [0.3, 0.4) is 0 Å². The molecule has 14 nitrogen and oxygen atoms in total. The van der Waals surface area contributed by atoms with Gasteiger partial charge in [0.1, 0.15) is 18.1 Å². The van der Waals surface area contributed by atoms with Crippen LogP contribution in [-0.4, -0.2) is 80.1 Å². The van der Waals surface area contributed by atoms with Crippen molar-refractivity contribution in [3.8, 4) is 0 Å². The molecule has 0 radical (unpaired) electrons. The SMILES string of the molecule is CC(C)CC(NC(=O)C(CC(=O)O)NC(=O)C(CC(=O)O)NC(=O)C(N)Cc1c[nH]c2ccccc12)C(=O)O. The maximum atomic E-state index is 12.9. The summed E-state index contributed by atoms with van der Waals surface area (Å²) in [6.45, 7) is 3.45. The van der Waals surface area contributed by atoms with E-state index >= 15 is 0 Å². The lowest BCUT2D eigenvalue weighted by Crippen LogP contribution is -2.58. The van der Waals surface area contributed by atoms with Crippen molar-refractivity contribution in [3.05, 3.63) is 36.0 Å². The van der Waals surface area contributed by atoms with E-state index in [4.69, 9.17) is 5.73 Å². The largest absolute Gasteiger partial charge is 0.481 e. The number of hydrogen-bond donors (Lipinski definition) is 8. The maximum Gasteiger partial charge on any atom is 0.326 e. The highest BCUT2D eigenvalue weighted by Gasteiger charge is 2.33. The van der Waals surface area contributed by atoms with E-state index in [1.807, 2.05) is 24.3 Å². The minimum absolute atomic E-state index is 0.0425. The second-order valence-corrected chi connectivity index (χ2v) is 9.52. The number of benzene rings is 1. The number of fused-ring (bicyclic) bond motifs is 1. The third-order valence-electron chi connectivity index (χ3n) is 5.80. The smallest absolute Gasteiger partial charge is 0.326 e. The normalized spacial score (nSPS) is 14.2. The zero-order valence-corrected chi connectivity index (χ0v) is 21.5. The number of para-hydroxylation sites is 1. The lowest BCUT2D eigenvalue weighted by molar-refractivity contribution is -0.145. The van der Waals surface area contributed by atoms with Crippen molar-refractivity contribution in [2.75, 3.05) is 0 Å². The van der Waals surface area contributed by atoms with Gasteiger partial charge in [-0.15, -0.1) is 0 Å². The third-order valence-corrected chi connectivity index (χ3v) is 5.80. The van der Waals surface area contributed by atoms with Gasteiger partial charge in [0.15, 0.2) is 0 Å². The summed E-state index contributed by atoms with van der Waals surface area (Å²) in [5.41, 5.74) is 7.56. The first-order chi connectivity index (χ1) is 18.3. The Morgan fingerprint density at radius 2 is 1.33 bits per heavy atom. The van der Waals surface area contributed by atoms with Crippen LogP contribution in [0.2, 0.25) is 0 Å². The summed E-state index contributed by atoms with van der Waals surface area (Å²) in [5.74, 6) is -7.49. The van der Waals surface area contributed by atoms with Gasteiger partial charge in [-0.1, -0.05) is 32.0 Å². The van der Waals surface area contributed by atoms with Crippen molar-refractivity contribution in [2.45, 2.75) is 63.7 Å². The molecule has 4 unspecified atom stereocenters. The van der Waals surface area contributed by atoms with E-state index in [1.54, 1.807) is 20.0 Å². The second kappa shape index (κ2) is 13.9. The lowest BCUT2D eigenvalue weighted by atomic mass is 10.0. The van der Waals surface area contributed by atoms with Crippen molar-refractivity contribution in [2.24, 2.45) is 11.7 Å².